The van der Waals surface area contributed by atoms with E-state index in [1.165, 1.54) is 23.1 Å². The van der Waals surface area contributed by atoms with Crippen molar-refractivity contribution in [3.8, 4) is 0 Å². The second-order valence-corrected chi connectivity index (χ2v) is 6.13. The van der Waals surface area contributed by atoms with Crippen molar-refractivity contribution in [3.05, 3.63) is 47.5 Å². The van der Waals surface area contributed by atoms with Gasteiger partial charge < -0.3 is 15.1 Å². The number of carbonyl (C=O) groups is 1. The minimum atomic E-state index is -4.56. The molecule has 1 fully saturated rings. The zero-order valence-electron chi connectivity index (χ0n) is 14.8. The Balaban J connectivity index is 1.66. The van der Waals surface area contributed by atoms with Crippen LogP contribution in [0.4, 0.5) is 24.8 Å². The molecule has 6 nitrogen and oxygen atoms in total. The van der Waals surface area contributed by atoms with E-state index in [1.807, 2.05) is 24.0 Å². The van der Waals surface area contributed by atoms with Crippen molar-refractivity contribution in [2.45, 2.75) is 13.1 Å². The molecule has 2 heterocycles. The first-order chi connectivity index (χ1) is 12.9. The van der Waals surface area contributed by atoms with Gasteiger partial charge in [-0.1, -0.05) is 12.1 Å². The van der Waals surface area contributed by atoms with Crippen LogP contribution in [0.3, 0.4) is 0 Å². The number of rotatable bonds is 4. The molecule has 0 unspecified atom stereocenters. The van der Waals surface area contributed by atoms with E-state index in [1.54, 1.807) is 0 Å². The van der Waals surface area contributed by atoms with Gasteiger partial charge in [-0.2, -0.15) is 13.2 Å². The van der Waals surface area contributed by atoms with E-state index in [0.29, 0.717) is 37.8 Å². The van der Waals surface area contributed by atoms with Crippen LogP contribution in [0.2, 0.25) is 0 Å². The molecule has 0 bridgehead atoms. The van der Waals surface area contributed by atoms with Crippen LogP contribution in [-0.2, 0) is 6.18 Å². The summed E-state index contributed by atoms with van der Waals surface area (Å²) in [5.41, 5.74) is -1.21. The third-order valence-corrected chi connectivity index (χ3v) is 4.36. The normalized spacial score (nSPS) is 15.0. The van der Waals surface area contributed by atoms with Gasteiger partial charge in [-0.15, -0.1) is 10.2 Å². The SMILES string of the molecule is CCNc1ccc(N2CCN(C(=O)c3ccccc3C(F)(F)F)CC2)nn1. The first-order valence-corrected chi connectivity index (χ1v) is 8.68. The summed E-state index contributed by atoms with van der Waals surface area (Å²) in [6, 6.07) is 8.55. The highest BCUT2D eigenvalue weighted by Gasteiger charge is 2.36. The predicted octanol–water partition coefficient (Wildman–Crippen LogP) is 2.89. The van der Waals surface area contributed by atoms with Crippen LogP contribution < -0.4 is 10.2 Å². The van der Waals surface area contributed by atoms with E-state index < -0.39 is 17.6 Å². The molecule has 0 spiro atoms. The lowest BCUT2D eigenvalue weighted by Gasteiger charge is -2.35. The number of nitrogens with zero attached hydrogens (tertiary/aromatic N) is 4. The van der Waals surface area contributed by atoms with Crippen LogP contribution in [-0.4, -0.2) is 53.7 Å². The molecule has 1 aromatic carbocycles. The van der Waals surface area contributed by atoms with Crippen LogP contribution in [0.25, 0.3) is 0 Å². The molecule has 9 heteroatoms. The van der Waals surface area contributed by atoms with Crippen molar-refractivity contribution in [1.29, 1.82) is 0 Å². The van der Waals surface area contributed by atoms with Crippen molar-refractivity contribution >= 4 is 17.5 Å². The second kappa shape index (κ2) is 7.81. The number of nitrogens with one attached hydrogen (secondary N) is 1. The van der Waals surface area contributed by atoms with Crippen molar-refractivity contribution in [2.75, 3.05) is 42.9 Å². The topological polar surface area (TPSA) is 61.4 Å². The standard InChI is InChI=1S/C18H20F3N5O/c1-2-22-15-7-8-16(24-23-15)25-9-11-26(12-10-25)17(27)13-5-3-4-6-14(13)18(19,20)21/h3-8H,2,9-12H2,1H3,(H,22,23). The largest absolute Gasteiger partial charge is 0.417 e. The highest BCUT2D eigenvalue weighted by Crippen LogP contribution is 2.32. The summed E-state index contributed by atoms with van der Waals surface area (Å²) >= 11 is 0. The summed E-state index contributed by atoms with van der Waals surface area (Å²) in [6.45, 7) is 4.31. The Hall–Kier alpha value is -2.84. The first-order valence-electron chi connectivity index (χ1n) is 8.68. The van der Waals surface area contributed by atoms with Crippen LogP contribution in [0.15, 0.2) is 36.4 Å². The molecule has 0 radical (unpaired) electrons. The van der Waals surface area contributed by atoms with Crippen molar-refractivity contribution in [1.82, 2.24) is 15.1 Å². The Bertz CT molecular complexity index is 786. The van der Waals surface area contributed by atoms with Crippen LogP contribution >= 0.6 is 0 Å². The summed E-state index contributed by atoms with van der Waals surface area (Å²) in [5.74, 6) is 0.759. The Kier molecular flexibility index (Phi) is 5.48. The molecule has 0 aliphatic carbocycles. The van der Waals surface area contributed by atoms with Gasteiger partial charge in [0.1, 0.15) is 5.82 Å². The lowest BCUT2D eigenvalue weighted by atomic mass is 10.1. The van der Waals surface area contributed by atoms with E-state index >= 15 is 0 Å². The molecule has 0 saturated carbocycles. The number of benzene rings is 1. The molecule has 1 aromatic heterocycles. The number of hydrogen-bond acceptors (Lipinski definition) is 5. The third kappa shape index (κ3) is 4.29. The summed E-state index contributed by atoms with van der Waals surface area (Å²) in [6.07, 6.45) is -4.56. The fourth-order valence-electron chi connectivity index (χ4n) is 3.00. The highest BCUT2D eigenvalue weighted by molar-refractivity contribution is 5.96. The van der Waals surface area contributed by atoms with Crippen LogP contribution in [0.1, 0.15) is 22.8 Å². The second-order valence-electron chi connectivity index (χ2n) is 6.13. The summed E-state index contributed by atoms with van der Waals surface area (Å²) in [5, 5.41) is 11.3. The fraction of sp³-hybridized carbons (Fsp3) is 0.389. The third-order valence-electron chi connectivity index (χ3n) is 4.36. The quantitative estimate of drug-likeness (QED) is 0.885. The minimum absolute atomic E-state index is 0.312. The number of alkyl halides is 3. The Morgan fingerprint density at radius 1 is 1.07 bits per heavy atom. The van der Waals surface area contributed by atoms with E-state index in [2.05, 4.69) is 15.5 Å². The number of halogens is 3. The average Bonchev–Trinajstić information content (AvgIpc) is 2.68. The Morgan fingerprint density at radius 3 is 2.37 bits per heavy atom. The monoisotopic (exact) mass is 379 g/mol. The van der Waals surface area contributed by atoms with Gasteiger partial charge in [-0.25, -0.2) is 0 Å². The van der Waals surface area contributed by atoms with Gasteiger partial charge in [-0.05, 0) is 31.2 Å². The Labute approximate surface area is 155 Å². The maximum atomic E-state index is 13.1. The number of hydrogen-bond donors (Lipinski definition) is 1. The van der Waals surface area contributed by atoms with E-state index in [9.17, 15) is 18.0 Å². The lowest BCUT2D eigenvalue weighted by Crippen LogP contribution is -2.49. The molecule has 3 rings (SSSR count). The summed E-state index contributed by atoms with van der Waals surface area (Å²) in [7, 11) is 0. The zero-order chi connectivity index (χ0) is 19.4. The molecule has 144 valence electrons. The van der Waals surface area contributed by atoms with Gasteiger partial charge in [0.2, 0.25) is 0 Å². The highest BCUT2D eigenvalue weighted by atomic mass is 19.4. The van der Waals surface area contributed by atoms with Gasteiger partial charge in [0.15, 0.2) is 5.82 Å². The van der Waals surface area contributed by atoms with Gasteiger partial charge >= 0.3 is 6.18 Å². The number of aromatic nitrogens is 2. The molecular weight excluding hydrogens is 359 g/mol. The van der Waals surface area contributed by atoms with Gasteiger partial charge in [0, 0.05) is 32.7 Å². The van der Waals surface area contributed by atoms with E-state index in [0.717, 1.165) is 12.6 Å². The van der Waals surface area contributed by atoms with Crippen molar-refractivity contribution < 1.29 is 18.0 Å². The summed E-state index contributed by atoms with van der Waals surface area (Å²) in [4.78, 5) is 16.0. The molecule has 1 N–H and O–H groups in total. The molecule has 1 aliphatic rings. The smallest absolute Gasteiger partial charge is 0.369 e. The molecule has 1 saturated heterocycles. The molecule has 1 aliphatic heterocycles. The van der Waals surface area contributed by atoms with Gasteiger partial charge in [-0.3, -0.25) is 4.79 Å². The number of amides is 1. The minimum Gasteiger partial charge on any atom is -0.369 e. The van der Waals surface area contributed by atoms with Crippen molar-refractivity contribution in [2.24, 2.45) is 0 Å². The Morgan fingerprint density at radius 2 is 1.78 bits per heavy atom. The number of anilines is 2. The lowest BCUT2D eigenvalue weighted by molar-refractivity contribution is -0.138. The summed E-state index contributed by atoms with van der Waals surface area (Å²) < 4.78 is 39.4. The molecule has 27 heavy (non-hydrogen) atoms. The maximum Gasteiger partial charge on any atom is 0.417 e. The first kappa shape index (κ1) is 18.9. The molecule has 2 aromatic rings. The maximum absolute atomic E-state index is 13.1. The van der Waals surface area contributed by atoms with Gasteiger partial charge in [0.05, 0.1) is 11.1 Å². The van der Waals surface area contributed by atoms with Crippen LogP contribution in [0.5, 0.6) is 0 Å². The zero-order valence-corrected chi connectivity index (χ0v) is 14.8. The van der Waals surface area contributed by atoms with Crippen LogP contribution in [0, 0.1) is 0 Å². The molecular formula is C18H20F3N5O. The number of piperazine rings is 1. The van der Waals surface area contributed by atoms with Gasteiger partial charge in [0.25, 0.3) is 5.91 Å². The molecule has 1 amide bonds. The average molecular weight is 379 g/mol. The van der Waals surface area contributed by atoms with E-state index in [4.69, 9.17) is 0 Å². The van der Waals surface area contributed by atoms with E-state index in [-0.39, 0.29) is 5.56 Å². The fourth-order valence-corrected chi connectivity index (χ4v) is 3.00. The van der Waals surface area contributed by atoms with Crippen molar-refractivity contribution in [3.63, 3.8) is 0 Å². The number of carbonyl (C=O) groups excluding carboxylic acids is 1. The predicted molar refractivity (Wildman–Crippen MR) is 95.8 cm³/mol. The molecule has 0 atom stereocenters.